The highest BCUT2D eigenvalue weighted by atomic mass is 15.2. The fourth-order valence-corrected chi connectivity index (χ4v) is 3.11. The van der Waals surface area contributed by atoms with Gasteiger partial charge in [0, 0.05) is 49.6 Å². The van der Waals surface area contributed by atoms with Gasteiger partial charge in [0.25, 0.3) is 0 Å². The van der Waals surface area contributed by atoms with Crippen molar-refractivity contribution in [1.82, 2.24) is 19.9 Å². The first-order valence-electron chi connectivity index (χ1n) is 7.69. The number of benzene rings is 1. The van der Waals surface area contributed by atoms with Crippen LogP contribution in [0.1, 0.15) is 5.82 Å². The van der Waals surface area contributed by atoms with Crippen molar-refractivity contribution in [3.05, 3.63) is 48.5 Å². The Bertz CT molecular complexity index is 802. The summed E-state index contributed by atoms with van der Waals surface area (Å²) >= 11 is 0. The molecular weight excluding hydrogens is 274 g/mol. The molecule has 3 heterocycles. The normalized spacial score (nSPS) is 15.4. The van der Waals surface area contributed by atoms with E-state index in [0.29, 0.717) is 0 Å². The van der Waals surface area contributed by atoms with Crippen LogP contribution in [0.2, 0.25) is 0 Å². The van der Waals surface area contributed by atoms with Gasteiger partial charge in [0.15, 0.2) is 0 Å². The highest BCUT2D eigenvalue weighted by Gasteiger charge is 2.15. The molecule has 0 unspecified atom stereocenters. The zero-order chi connectivity index (χ0) is 14.9. The fraction of sp³-hybridized carbons (Fsp3) is 0.294. The van der Waals surface area contributed by atoms with Crippen molar-refractivity contribution >= 4 is 16.6 Å². The van der Waals surface area contributed by atoms with Gasteiger partial charge in [0.1, 0.15) is 11.6 Å². The number of rotatable bonds is 2. The lowest BCUT2D eigenvalue weighted by Crippen LogP contribution is -2.43. The third-order valence-corrected chi connectivity index (χ3v) is 4.18. The van der Waals surface area contributed by atoms with E-state index in [4.69, 9.17) is 0 Å². The second kappa shape index (κ2) is 5.42. The molecule has 1 aliphatic rings. The van der Waals surface area contributed by atoms with Crippen LogP contribution in [-0.2, 0) is 0 Å². The molecule has 22 heavy (non-hydrogen) atoms. The molecule has 0 radical (unpaired) electrons. The Labute approximate surface area is 129 Å². The zero-order valence-corrected chi connectivity index (χ0v) is 12.7. The Morgan fingerprint density at radius 3 is 2.77 bits per heavy atom. The van der Waals surface area contributed by atoms with Crippen LogP contribution in [0, 0.1) is 6.92 Å². The summed E-state index contributed by atoms with van der Waals surface area (Å²) < 4.78 is 2.13. The van der Waals surface area contributed by atoms with Crippen molar-refractivity contribution in [3.8, 4) is 5.82 Å². The number of hydrogen-bond acceptors (Lipinski definition) is 4. The predicted octanol–water partition coefficient (Wildman–Crippen LogP) is 2.14. The van der Waals surface area contributed by atoms with Crippen molar-refractivity contribution in [2.24, 2.45) is 0 Å². The van der Waals surface area contributed by atoms with Gasteiger partial charge in [-0.25, -0.2) is 9.97 Å². The van der Waals surface area contributed by atoms with E-state index in [2.05, 4.69) is 55.2 Å². The number of hydrogen-bond donors (Lipinski definition) is 1. The van der Waals surface area contributed by atoms with E-state index in [-0.39, 0.29) is 0 Å². The summed E-state index contributed by atoms with van der Waals surface area (Å²) in [7, 11) is 0. The highest BCUT2D eigenvalue weighted by Crippen LogP contribution is 2.29. The quantitative estimate of drug-likeness (QED) is 0.786. The summed E-state index contributed by atoms with van der Waals surface area (Å²) in [4.78, 5) is 11.2. The predicted molar refractivity (Wildman–Crippen MR) is 88.7 cm³/mol. The van der Waals surface area contributed by atoms with E-state index < -0.39 is 0 Å². The van der Waals surface area contributed by atoms with Crippen LogP contribution in [0.15, 0.2) is 42.7 Å². The van der Waals surface area contributed by atoms with Crippen LogP contribution in [0.4, 0.5) is 5.69 Å². The number of anilines is 1. The third kappa shape index (κ3) is 2.23. The van der Waals surface area contributed by atoms with Crippen LogP contribution in [0.5, 0.6) is 0 Å². The van der Waals surface area contributed by atoms with Gasteiger partial charge in [0.2, 0.25) is 0 Å². The largest absolute Gasteiger partial charge is 0.368 e. The van der Waals surface area contributed by atoms with Crippen molar-refractivity contribution in [2.75, 3.05) is 31.1 Å². The molecule has 0 spiro atoms. The average Bonchev–Trinajstić information content (AvgIpc) is 3.00. The number of fused-ring (bicyclic) bond motifs is 1. The van der Waals surface area contributed by atoms with Crippen LogP contribution < -0.4 is 10.2 Å². The molecule has 0 amide bonds. The molecule has 1 fully saturated rings. The number of nitrogens with one attached hydrogen (secondary N) is 1. The van der Waals surface area contributed by atoms with Crippen LogP contribution in [-0.4, -0.2) is 40.7 Å². The standard InChI is InChI=1S/C17H19N5/c1-13-19-7-5-17(20-13)22-10-6-14-15(3-2-4-16(14)22)21-11-8-18-9-12-21/h2-7,10,18H,8-9,11-12H2,1H3. The molecule has 1 aliphatic heterocycles. The second-order valence-electron chi connectivity index (χ2n) is 5.59. The Morgan fingerprint density at radius 1 is 1.09 bits per heavy atom. The smallest absolute Gasteiger partial charge is 0.140 e. The molecular formula is C17H19N5. The zero-order valence-electron chi connectivity index (χ0n) is 12.7. The summed E-state index contributed by atoms with van der Waals surface area (Å²) in [5, 5.41) is 4.68. The maximum atomic E-state index is 4.54. The van der Waals surface area contributed by atoms with E-state index in [1.807, 2.05) is 19.2 Å². The Morgan fingerprint density at radius 2 is 1.95 bits per heavy atom. The summed E-state index contributed by atoms with van der Waals surface area (Å²) in [5.41, 5.74) is 2.50. The molecule has 4 rings (SSSR count). The highest BCUT2D eigenvalue weighted by molar-refractivity contribution is 5.93. The molecule has 1 aromatic carbocycles. The first-order chi connectivity index (χ1) is 10.8. The monoisotopic (exact) mass is 293 g/mol. The van der Waals surface area contributed by atoms with Gasteiger partial charge in [0.05, 0.1) is 5.52 Å². The average molecular weight is 293 g/mol. The topological polar surface area (TPSA) is 46.0 Å². The molecule has 0 bridgehead atoms. The second-order valence-corrected chi connectivity index (χ2v) is 5.59. The summed E-state index contributed by atoms with van der Waals surface area (Å²) in [6.07, 6.45) is 3.90. The molecule has 3 aromatic rings. The lowest BCUT2D eigenvalue weighted by molar-refractivity contribution is 0.590. The van der Waals surface area contributed by atoms with Gasteiger partial charge in [-0.2, -0.15) is 0 Å². The summed E-state index contributed by atoms with van der Waals surface area (Å²) in [6.45, 7) is 6.11. The molecule has 5 heteroatoms. The maximum Gasteiger partial charge on any atom is 0.140 e. The number of aromatic nitrogens is 3. The van der Waals surface area contributed by atoms with Gasteiger partial charge in [-0.3, -0.25) is 0 Å². The van der Waals surface area contributed by atoms with E-state index >= 15 is 0 Å². The molecule has 1 N–H and O–H groups in total. The van der Waals surface area contributed by atoms with Crippen molar-refractivity contribution < 1.29 is 0 Å². The fourth-order valence-electron chi connectivity index (χ4n) is 3.11. The third-order valence-electron chi connectivity index (χ3n) is 4.18. The molecule has 0 atom stereocenters. The molecule has 112 valence electrons. The molecule has 0 saturated carbocycles. The minimum atomic E-state index is 0.789. The van der Waals surface area contributed by atoms with Crippen molar-refractivity contribution in [2.45, 2.75) is 6.92 Å². The van der Waals surface area contributed by atoms with E-state index in [0.717, 1.165) is 37.8 Å². The van der Waals surface area contributed by atoms with Crippen LogP contribution in [0.25, 0.3) is 16.7 Å². The summed E-state index contributed by atoms with van der Waals surface area (Å²) in [6, 6.07) is 10.6. The minimum Gasteiger partial charge on any atom is -0.368 e. The van der Waals surface area contributed by atoms with Gasteiger partial charge < -0.3 is 14.8 Å². The lowest BCUT2D eigenvalue weighted by Gasteiger charge is -2.30. The molecule has 2 aromatic heterocycles. The van der Waals surface area contributed by atoms with Crippen molar-refractivity contribution in [1.29, 1.82) is 0 Å². The first kappa shape index (κ1) is 13.3. The minimum absolute atomic E-state index is 0.789. The summed E-state index contributed by atoms with van der Waals surface area (Å²) in [5.74, 6) is 1.71. The van der Waals surface area contributed by atoms with E-state index in [1.54, 1.807) is 0 Å². The van der Waals surface area contributed by atoms with Gasteiger partial charge in [-0.05, 0) is 31.2 Å². The SMILES string of the molecule is Cc1nccc(-n2ccc3c(N4CCNCC4)cccc32)n1. The maximum absolute atomic E-state index is 4.54. The Balaban J connectivity index is 1.83. The molecule has 1 saturated heterocycles. The number of piperazine rings is 1. The van der Waals surface area contributed by atoms with Crippen molar-refractivity contribution in [3.63, 3.8) is 0 Å². The lowest BCUT2D eigenvalue weighted by atomic mass is 10.2. The molecule has 5 nitrogen and oxygen atoms in total. The van der Waals surface area contributed by atoms with Gasteiger partial charge >= 0.3 is 0 Å². The number of nitrogens with zero attached hydrogens (tertiary/aromatic N) is 4. The number of aryl methyl sites for hydroxylation is 1. The van der Waals surface area contributed by atoms with Crippen LogP contribution in [0.3, 0.4) is 0 Å². The van der Waals surface area contributed by atoms with Gasteiger partial charge in [-0.15, -0.1) is 0 Å². The Kier molecular flexibility index (Phi) is 3.27. The van der Waals surface area contributed by atoms with Gasteiger partial charge in [-0.1, -0.05) is 6.07 Å². The van der Waals surface area contributed by atoms with E-state index in [9.17, 15) is 0 Å². The molecule has 0 aliphatic carbocycles. The Hall–Kier alpha value is -2.40. The first-order valence-corrected chi connectivity index (χ1v) is 7.69. The van der Waals surface area contributed by atoms with E-state index in [1.165, 1.54) is 16.6 Å². The van der Waals surface area contributed by atoms with Crippen LogP contribution >= 0.6 is 0 Å².